The fourth-order valence-electron chi connectivity index (χ4n) is 3.94. The van der Waals surface area contributed by atoms with Gasteiger partial charge in [0.05, 0.1) is 5.52 Å². The number of amides is 1. The van der Waals surface area contributed by atoms with Crippen molar-refractivity contribution in [2.45, 2.75) is 70.9 Å². The summed E-state index contributed by atoms with van der Waals surface area (Å²) in [7, 11) is 0. The van der Waals surface area contributed by atoms with Crippen LogP contribution < -0.4 is 10.9 Å². The molecule has 0 bridgehead atoms. The number of hydrogen-bond acceptors (Lipinski definition) is 5. The smallest absolute Gasteiger partial charge is 0.272 e. The number of nitrogens with one attached hydrogen (secondary N) is 1. The van der Waals surface area contributed by atoms with Gasteiger partial charge < -0.3 is 5.32 Å². The molecule has 3 heterocycles. The third-order valence-electron chi connectivity index (χ3n) is 5.25. The number of hydrogen-bond donors (Lipinski definition) is 1. The van der Waals surface area contributed by atoms with Crippen molar-refractivity contribution in [3.05, 3.63) is 27.6 Å². The summed E-state index contributed by atoms with van der Waals surface area (Å²) in [6.45, 7) is 2.67. The molecule has 27 heavy (non-hydrogen) atoms. The van der Waals surface area contributed by atoms with E-state index in [-0.39, 0.29) is 11.5 Å². The summed E-state index contributed by atoms with van der Waals surface area (Å²) in [5.41, 5.74) is 0.868. The second-order valence-corrected chi connectivity index (χ2v) is 8.16. The number of aryl methyl sites for hydroxylation is 2. The monoisotopic (exact) mass is 387 g/mol. The molecule has 1 N–H and O–H groups in total. The van der Waals surface area contributed by atoms with Crippen LogP contribution in [-0.2, 0) is 17.8 Å². The topological polar surface area (TPSA) is 81.3 Å². The first-order chi connectivity index (χ1) is 13.2. The van der Waals surface area contributed by atoms with E-state index in [9.17, 15) is 9.59 Å². The van der Waals surface area contributed by atoms with Crippen LogP contribution >= 0.6 is 11.3 Å². The molecular formula is C19H25N5O2S. The Balaban J connectivity index is 1.54. The molecule has 1 saturated carbocycles. The second kappa shape index (κ2) is 7.80. The van der Waals surface area contributed by atoms with Crippen molar-refractivity contribution in [2.24, 2.45) is 0 Å². The molecule has 0 spiro atoms. The Kier molecular flexibility index (Phi) is 5.24. The third kappa shape index (κ3) is 3.50. The number of nitrogens with zero attached hydrogens (tertiary/aromatic N) is 4. The van der Waals surface area contributed by atoms with E-state index < -0.39 is 0 Å². The molecule has 0 saturated heterocycles. The molecule has 1 aliphatic rings. The maximum atomic E-state index is 12.7. The molecule has 0 aromatic carbocycles. The predicted molar refractivity (Wildman–Crippen MR) is 106 cm³/mol. The number of rotatable bonds is 7. The van der Waals surface area contributed by atoms with Crippen LogP contribution in [0.3, 0.4) is 0 Å². The van der Waals surface area contributed by atoms with Crippen molar-refractivity contribution in [3.63, 3.8) is 0 Å². The fraction of sp³-hybridized carbons (Fsp3) is 0.579. The molecule has 8 heteroatoms. The quantitative estimate of drug-likeness (QED) is 0.676. The van der Waals surface area contributed by atoms with E-state index in [0.717, 1.165) is 41.7 Å². The lowest BCUT2D eigenvalue weighted by Gasteiger charge is -2.11. The van der Waals surface area contributed by atoms with E-state index >= 15 is 0 Å². The maximum Gasteiger partial charge on any atom is 0.272 e. The maximum absolute atomic E-state index is 12.7. The normalized spacial score (nSPS) is 15.1. The SMILES string of the molecule is CCCn1c(=O)c2sccc2n2c(CCCC(=O)NC3CCCC3)nnc12. The summed E-state index contributed by atoms with van der Waals surface area (Å²) in [5, 5.41) is 13.7. The van der Waals surface area contributed by atoms with Crippen LogP contribution in [0.2, 0.25) is 0 Å². The van der Waals surface area contributed by atoms with Gasteiger partial charge in [0.15, 0.2) is 0 Å². The molecule has 0 unspecified atom stereocenters. The van der Waals surface area contributed by atoms with E-state index in [1.54, 1.807) is 4.57 Å². The summed E-state index contributed by atoms with van der Waals surface area (Å²) in [5.74, 6) is 1.53. The number of aromatic nitrogens is 4. The Bertz CT molecular complexity index is 1010. The number of fused-ring (bicyclic) bond motifs is 3. The van der Waals surface area contributed by atoms with Gasteiger partial charge in [0.1, 0.15) is 10.5 Å². The molecule has 0 radical (unpaired) electrons. The summed E-state index contributed by atoms with van der Waals surface area (Å²) in [4.78, 5) is 24.9. The van der Waals surface area contributed by atoms with E-state index in [1.807, 2.05) is 22.8 Å². The van der Waals surface area contributed by atoms with Gasteiger partial charge >= 0.3 is 0 Å². The van der Waals surface area contributed by atoms with Crippen molar-refractivity contribution in [1.29, 1.82) is 0 Å². The fourth-order valence-corrected chi connectivity index (χ4v) is 4.77. The second-order valence-electron chi connectivity index (χ2n) is 7.25. The van der Waals surface area contributed by atoms with Gasteiger partial charge in [-0.1, -0.05) is 19.8 Å². The van der Waals surface area contributed by atoms with Gasteiger partial charge in [0, 0.05) is 25.4 Å². The third-order valence-corrected chi connectivity index (χ3v) is 6.14. The number of carbonyl (C=O) groups is 1. The average molecular weight is 388 g/mol. The van der Waals surface area contributed by atoms with Gasteiger partial charge in [-0.3, -0.25) is 18.6 Å². The van der Waals surface area contributed by atoms with Gasteiger partial charge in [-0.15, -0.1) is 21.5 Å². The molecular weight excluding hydrogens is 362 g/mol. The zero-order valence-corrected chi connectivity index (χ0v) is 16.4. The Morgan fingerprint density at radius 1 is 1.33 bits per heavy atom. The minimum absolute atomic E-state index is 0.00393. The molecule has 1 aliphatic carbocycles. The summed E-state index contributed by atoms with van der Waals surface area (Å²) >= 11 is 1.45. The first kappa shape index (κ1) is 18.2. The van der Waals surface area contributed by atoms with Crippen molar-refractivity contribution < 1.29 is 4.79 Å². The molecule has 3 aromatic heterocycles. The lowest BCUT2D eigenvalue weighted by Crippen LogP contribution is -2.32. The molecule has 1 fully saturated rings. The highest BCUT2D eigenvalue weighted by Gasteiger charge is 2.19. The summed E-state index contributed by atoms with van der Waals surface area (Å²) in [6.07, 6.45) is 7.37. The van der Waals surface area contributed by atoms with Gasteiger partial charge in [-0.25, -0.2) is 0 Å². The Morgan fingerprint density at radius 3 is 2.93 bits per heavy atom. The van der Waals surface area contributed by atoms with Crippen molar-refractivity contribution in [3.8, 4) is 0 Å². The Morgan fingerprint density at radius 2 is 2.15 bits per heavy atom. The van der Waals surface area contributed by atoms with E-state index in [2.05, 4.69) is 15.5 Å². The molecule has 0 aliphatic heterocycles. The average Bonchev–Trinajstić information content (AvgIpc) is 3.38. The molecule has 0 atom stereocenters. The van der Waals surface area contributed by atoms with Gasteiger partial charge in [0.25, 0.3) is 5.56 Å². The summed E-state index contributed by atoms with van der Waals surface area (Å²) in [6, 6.07) is 2.31. The standard InChI is InChI=1S/C19H25N5O2S/c1-2-11-23-18(26)17-14(10-12-27-17)24-15(21-22-19(23)24)8-5-9-16(25)20-13-6-3-4-7-13/h10,12-13H,2-9,11H2,1H3,(H,20,25). The van der Waals surface area contributed by atoms with Crippen LogP contribution in [-0.4, -0.2) is 31.1 Å². The van der Waals surface area contributed by atoms with Crippen LogP contribution in [0, 0.1) is 0 Å². The zero-order chi connectivity index (χ0) is 18.8. The summed E-state index contributed by atoms with van der Waals surface area (Å²) < 4.78 is 4.43. The van der Waals surface area contributed by atoms with Crippen LogP contribution in [0.15, 0.2) is 16.2 Å². The van der Waals surface area contributed by atoms with Gasteiger partial charge in [0.2, 0.25) is 11.7 Å². The lowest BCUT2D eigenvalue weighted by molar-refractivity contribution is -0.121. The number of carbonyl (C=O) groups excluding carboxylic acids is 1. The first-order valence-electron chi connectivity index (χ1n) is 9.82. The largest absolute Gasteiger partial charge is 0.353 e. The van der Waals surface area contributed by atoms with Crippen molar-refractivity contribution in [2.75, 3.05) is 0 Å². The van der Waals surface area contributed by atoms with Gasteiger partial charge in [-0.2, -0.15) is 0 Å². The van der Waals surface area contributed by atoms with Crippen LogP contribution in [0.1, 0.15) is 57.7 Å². The number of thiophene rings is 1. The zero-order valence-electron chi connectivity index (χ0n) is 15.6. The van der Waals surface area contributed by atoms with E-state index in [4.69, 9.17) is 0 Å². The highest BCUT2D eigenvalue weighted by atomic mass is 32.1. The Labute approximate surface area is 161 Å². The van der Waals surface area contributed by atoms with Crippen molar-refractivity contribution >= 4 is 33.2 Å². The van der Waals surface area contributed by atoms with E-state index in [1.165, 1.54) is 24.2 Å². The van der Waals surface area contributed by atoms with Gasteiger partial charge in [-0.05, 0) is 37.1 Å². The highest BCUT2D eigenvalue weighted by molar-refractivity contribution is 7.17. The molecule has 1 amide bonds. The molecule has 3 aromatic rings. The lowest BCUT2D eigenvalue weighted by atomic mass is 10.2. The first-order valence-corrected chi connectivity index (χ1v) is 10.7. The molecule has 4 rings (SSSR count). The molecule has 144 valence electrons. The Hall–Kier alpha value is -2.22. The van der Waals surface area contributed by atoms with Crippen molar-refractivity contribution in [1.82, 2.24) is 24.5 Å². The minimum Gasteiger partial charge on any atom is -0.353 e. The molecule has 7 nitrogen and oxygen atoms in total. The van der Waals surface area contributed by atoms with Crippen LogP contribution in [0.4, 0.5) is 0 Å². The highest BCUT2D eigenvalue weighted by Crippen LogP contribution is 2.21. The predicted octanol–water partition coefficient (Wildman–Crippen LogP) is 2.90. The van der Waals surface area contributed by atoms with Crippen LogP contribution in [0.5, 0.6) is 0 Å². The van der Waals surface area contributed by atoms with E-state index in [0.29, 0.717) is 31.2 Å². The minimum atomic E-state index is 0.00393. The van der Waals surface area contributed by atoms with Crippen LogP contribution in [0.25, 0.3) is 16.0 Å².